The molecular weight excluding hydrogens is 789 g/mol. The van der Waals surface area contributed by atoms with Crippen molar-refractivity contribution in [2.24, 2.45) is 0 Å². The van der Waals surface area contributed by atoms with Gasteiger partial charge in [-0.1, -0.05) is 24.1 Å². The maximum absolute atomic E-state index is 14.3. The Kier molecular flexibility index (Phi) is 13.3. The lowest BCUT2D eigenvalue weighted by atomic mass is 10.0. The molecule has 2 aliphatic heterocycles. The van der Waals surface area contributed by atoms with Crippen molar-refractivity contribution in [3.63, 3.8) is 0 Å². The summed E-state index contributed by atoms with van der Waals surface area (Å²) in [5, 5.41) is 6.66. The van der Waals surface area contributed by atoms with Gasteiger partial charge in [0, 0.05) is 38.4 Å². The maximum Gasteiger partial charge on any atom is 0.436 e. The van der Waals surface area contributed by atoms with Crippen LogP contribution in [-0.2, 0) is 34.7 Å². The third-order valence-corrected chi connectivity index (χ3v) is 10.9. The van der Waals surface area contributed by atoms with Gasteiger partial charge in [-0.05, 0) is 74.4 Å². The van der Waals surface area contributed by atoms with E-state index in [0.29, 0.717) is 42.9 Å². The van der Waals surface area contributed by atoms with E-state index in [1.807, 2.05) is 24.3 Å². The Bertz CT molecular complexity index is 2280. The third kappa shape index (κ3) is 9.34. The number of alkyl halides is 3. The molecule has 2 aromatic heterocycles. The number of aromatic amines is 2. The van der Waals surface area contributed by atoms with E-state index in [0.717, 1.165) is 29.9 Å². The van der Waals surface area contributed by atoms with Crippen LogP contribution in [-0.4, -0.2) is 120 Å². The summed E-state index contributed by atoms with van der Waals surface area (Å²) in [6.45, 7) is 3.98. The Morgan fingerprint density at radius 2 is 1.33 bits per heavy atom. The number of rotatable bonds is 11. The summed E-state index contributed by atoms with van der Waals surface area (Å²) >= 11 is 0. The predicted molar refractivity (Wildman–Crippen MR) is 210 cm³/mol. The van der Waals surface area contributed by atoms with E-state index in [2.05, 4.69) is 47.1 Å². The first-order valence-corrected chi connectivity index (χ1v) is 19.3. The van der Waals surface area contributed by atoms with Gasteiger partial charge in [-0.3, -0.25) is 9.59 Å². The largest absolute Gasteiger partial charge is 0.453 e. The van der Waals surface area contributed by atoms with Gasteiger partial charge in [0.2, 0.25) is 11.8 Å². The first kappa shape index (κ1) is 43.4. The Morgan fingerprint density at radius 1 is 0.783 bits per heavy atom. The molecule has 2 saturated heterocycles. The molecule has 2 fully saturated rings. The quantitative estimate of drug-likeness (QED) is 0.146. The molecular formula is C41H47F3N8O8. The molecule has 4 heterocycles. The minimum atomic E-state index is -4.84. The highest BCUT2D eigenvalue weighted by Gasteiger charge is 2.43. The standard InChI is InChI=1S/C41H47F3N8O8/c1-22(57-3)32(48-39(55)59-5)37(53)51-17-7-9-30(51)35-45-21-29(47-35)27-15-14-25-19-24(11-13-26(25)20-27)12-16-28-34(41(42,43)44)50-36(46-28)31-10-8-18-52(31)38(54)33(23(2)58-4)49-40(56)60-6/h11,13-15,19-23,30-33H,7-10,17-18H2,1-6H3,(H,45,47)(H,46,50)(H,48,55)(H,49,56)/t22-,23-,30?,31?,32+,33+/m1/s1. The highest BCUT2D eigenvalue weighted by Crippen LogP contribution is 2.37. The number of H-pyrrole nitrogens is 2. The fraction of sp³-hybridized carbons (Fsp3) is 0.463. The lowest BCUT2D eigenvalue weighted by Crippen LogP contribution is -2.54. The molecule has 6 rings (SSSR count). The van der Waals surface area contributed by atoms with Crippen LogP contribution in [0.4, 0.5) is 22.8 Å². The number of nitrogens with zero attached hydrogens (tertiary/aromatic N) is 4. The highest BCUT2D eigenvalue weighted by molar-refractivity contribution is 5.89. The van der Waals surface area contributed by atoms with Gasteiger partial charge in [-0.15, -0.1) is 0 Å². The lowest BCUT2D eigenvalue weighted by Gasteiger charge is -2.30. The van der Waals surface area contributed by atoms with E-state index < -0.39 is 66.0 Å². The van der Waals surface area contributed by atoms with Gasteiger partial charge in [0.05, 0.1) is 50.4 Å². The molecule has 0 radical (unpaired) electrons. The van der Waals surface area contributed by atoms with Crippen LogP contribution in [0.2, 0.25) is 0 Å². The van der Waals surface area contributed by atoms with Crippen molar-refractivity contribution >= 4 is 34.8 Å². The number of hydrogen-bond acceptors (Lipinski definition) is 10. The van der Waals surface area contributed by atoms with Gasteiger partial charge in [-0.25, -0.2) is 19.6 Å². The molecule has 16 nitrogen and oxygen atoms in total. The van der Waals surface area contributed by atoms with Crippen molar-refractivity contribution in [3.05, 3.63) is 71.2 Å². The minimum Gasteiger partial charge on any atom is -0.453 e. The van der Waals surface area contributed by atoms with Gasteiger partial charge >= 0.3 is 18.4 Å². The Balaban J connectivity index is 1.20. The smallest absolute Gasteiger partial charge is 0.436 e. The van der Waals surface area contributed by atoms with E-state index in [1.54, 1.807) is 37.1 Å². The number of alkyl carbamates (subject to hydrolysis) is 2. The van der Waals surface area contributed by atoms with Gasteiger partial charge in [0.15, 0.2) is 5.69 Å². The Hall–Kier alpha value is -6.13. The SMILES string of the molecule is COC(=O)N[C@H](C(=O)N1CCCC1c1ncc(-c2ccc3cc(C#Cc4[nH]c(C5CCCN5C(=O)[C@@H](NC(=O)OC)[C@@H](C)OC)nc4C(F)(F)F)ccc3c2)[nH]1)[C@@H](C)OC. The first-order valence-electron chi connectivity index (χ1n) is 19.3. The average molecular weight is 837 g/mol. The van der Waals surface area contributed by atoms with Crippen LogP contribution in [0.1, 0.15) is 80.2 Å². The summed E-state index contributed by atoms with van der Waals surface area (Å²) in [5.74, 6) is 5.11. The van der Waals surface area contributed by atoms with Crippen molar-refractivity contribution in [1.82, 2.24) is 40.4 Å². The first-order chi connectivity index (χ1) is 28.7. The number of amides is 4. The van der Waals surface area contributed by atoms with Crippen molar-refractivity contribution in [2.75, 3.05) is 41.5 Å². The summed E-state index contributed by atoms with van der Waals surface area (Å²) in [6, 6.07) is 7.67. The Morgan fingerprint density at radius 3 is 1.88 bits per heavy atom. The lowest BCUT2D eigenvalue weighted by molar-refractivity contribution is -0.141. The molecule has 0 aliphatic carbocycles. The molecule has 0 spiro atoms. The van der Waals surface area contributed by atoms with Crippen LogP contribution in [0.15, 0.2) is 42.6 Å². The molecule has 0 bridgehead atoms. The van der Waals surface area contributed by atoms with Crippen molar-refractivity contribution in [3.8, 4) is 23.1 Å². The van der Waals surface area contributed by atoms with Crippen LogP contribution in [0.3, 0.4) is 0 Å². The topological polar surface area (TPSA) is 193 Å². The van der Waals surface area contributed by atoms with Gasteiger partial charge in [0.25, 0.3) is 0 Å². The summed E-state index contributed by atoms with van der Waals surface area (Å²) in [5.41, 5.74) is 0.348. The normalized spacial score (nSPS) is 18.6. The second kappa shape index (κ2) is 18.4. The van der Waals surface area contributed by atoms with Crippen molar-refractivity contribution in [2.45, 2.75) is 82.1 Å². The zero-order valence-corrected chi connectivity index (χ0v) is 33.9. The summed E-state index contributed by atoms with van der Waals surface area (Å²) in [4.78, 5) is 68.9. The predicted octanol–water partition coefficient (Wildman–Crippen LogP) is 5.22. The van der Waals surface area contributed by atoms with Crippen LogP contribution < -0.4 is 10.6 Å². The summed E-state index contributed by atoms with van der Waals surface area (Å²) in [6.07, 6.45) is -3.87. The average Bonchev–Trinajstić information content (AvgIpc) is 4.09. The summed E-state index contributed by atoms with van der Waals surface area (Å²) in [7, 11) is 5.20. The molecule has 0 saturated carbocycles. The molecule has 4 amide bonds. The molecule has 4 N–H and O–H groups in total. The number of hydrogen-bond donors (Lipinski definition) is 4. The number of ether oxygens (including phenoxy) is 4. The number of carbonyl (C=O) groups excluding carboxylic acids is 4. The second-order valence-electron chi connectivity index (χ2n) is 14.5. The number of benzene rings is 2. The van der Waals surface area contributed by atoms with E-state index in [4.69, 9.17) is 14.2 Å². The number of fused-ring (bicyclic) bond motifs is 1. The van der Waals surface area contributed by atoms with Crippen LogP contribution in [0.25, 0.3) is 22.0 Å². The minimum absolute atomic E-state index is 0.0694. The number of methoxy groups -OCH3 is 4. The van der Waals surface area contributed by atoms with Gasteiger partial charge < -0.3 is 49.3 Å². The number of carbonyl (C=O) groups is 4. The number of aromatic nitrogens is 4. The maximum atomic E-state index is 14.3. The Labute approximate surface area is 343 Å². The number of likely N-dealkylation sites (tertiary alicyclic amines) is 2. The van der Waals surface area contributed by atoms with E-state index in [-0.39, 0.29) is 24.3 Å². The molecule has 2 aromatic carbocycles. The molecule has 320 valence electrons. The fourth-order valence-electron chi connectivity index (χ4n) is 7.51. The van der Waals surface area contributed by atoms with Crippen LogP contribution in [0.5, 0.6) is 0 Å². The number of halogens is 3. The summed E-state index contributed by atoms with van der Waals surface area (Å²) < 4.78 is 62.9. The third-order valence-electron chi connectivity index (χ3n) is 10.9. The monoisotopic (exact) mass is 836 g/mol. The molecule has 6 atom stereocenters. The zero-order valence-electron chi connectivity index (χ0n) is 33.9. The molecule has 60 heavy (non-hydrogen) atoms. The van der Waals surface area contributed by atoms with Crippen molar-refractivity contribution < 1.29 is 51.3 Å². The van der Waals surface area contributed by atoms with Gasteiger partial charge in [-0.2, -0.15) is 13.2 Å². The number of imidazole rings is 2. The van der Waals surface area contributed by atoms with E-state index in [9.17, 15) is 32.3 Å². The molecule has 4 aromatic rings. The number of nitrogens with one attached hydrogen (secondary N) is 4. The zero-order chi connectivity index (χ0) is 43.3. The van der Waals surface area contributed by atoms with E-state index >= 15 is 0 Å². The molecule has 19 heteroatoms. The fourth-order valence-corrected chi connectivity index (χ4v) is 7.51. The molecule has 2 aliphatic rings. The van der Waals surface area contributed by atoms with Crippen LogP contribution in [0, 0.1) is 11.8 Å². The second-order valence-corrected chi connectivity index (χ2v) is 14.5. The molecule has 2 unspecified atom stereocenters. The van der Waals surface area contributed by atoms with E-state index in [1.165, 1.54) is 26.2 Å². The van der Waals surface area contributed by atoms with Crippen LogP contribution >= 0.6 is 0 Å². The van der Waals surface area contributed by atoms with Gasteiger partial charge in [0.1, 0.15) is 29.4 Å². The highest BCUT2D eigenvalue weighted by atomic mass is 19.4. The van der Waals surface area contributed by atoms with Crippen molar-refractivity contribution in [1.29, 1.82) is 0 Å².